The number of pyridine rings is 1. The lowest BCUT2D eigenvalue weighted by molar-refractivity contribution is -0.147. The van der Waals surface area contributed by atoms with Crippen LogP contribution in [0, 0.1) is 0 Å². The molecule has 5 nitrogen and oxygen atoms in total. The molecule has 104 valence electrons. The van der Waals surface area contributed by atoms with Gasteiger partial charge in [-0.05, 0) is 19.1 Å². The Bertz CT molecular complexity index is 402. The van der Waals surface area contributed by atoms with Gasteiger partial charge in [0, 0.05) is 38.9 Å². The average Bonchev–Trinajstić information content (AvgIpc) is 2.47. The number of aromatic nitrogens is 1. The van der Waals surface area contributed by atoms with Gasteiger partial charge in [-0.2, -0.15) is 0 Å². The molecule has 1 saturated heterocycles. The second kappa shape index (κ2) is 6.63. The summed E-state index contributed by atoms with van der Waals surface area (Å²) in [6, 6.07) is 5.84. The molecule has 1 fully saturated rings. The normalized spacial score (nSPS) is 19.1. The van der Waals surface area contributed by atoms with E-state index in [4.69, 9.17) is 4.74 Å². The van der Waals surface area contributed by atoms with Gasteiger partial charge in [0.25, 0.3) is 0 Å². The molecule has 0 radical (unpaired) electrons. The number of nitrogens with zero attached hydrogens (tertiary/aromatic N) is 3. The molecule has 5 heteroatoms. The highest BCUT2D eigenvalue weighted by Gasteiger charge is 2.25. The first-order chi connectivity index (χ1) is 9.20. The van der Waals surface area contributed by atoms with Gasteiger partial charge < -0.3 is 4.74 Å². The molecule has 19 heavy (non-hydrogen) atoms. The molecule has 1 aromatic rings. The van der Waals surface area contributed by atoms with E-state index in [9.17, 15) is 4.79 Å². The number of piperazine rings is 1. The zero-order valence-electron chi connectivity index (χ0n) is 11.6. The molecule has 1 aromatic heterocycles. The zero-order chi connectivity index (χ0) is 13.7. The van der Waals surface area contributed by atoms with E-state index in [1.165, 1.54) is 7.11 Å². The molecule has 2 rings (SSSR count). The van der Waals surface area contributed by atoms with E-state index in [0.717, 1.165) is 38.4 Å². The topological polar surface area (TPSA) is 45.7 Å². The molecular formula is C14H21N3O2. The van der Waals surface area contributed by atoms with Gasteiger partial charge in [-0.15, -0.1) is 0 Å². The monoisotopic (exact) mass is 263 g/mol. The highest BCUT2D eigenvalue weighted by molar-refractivity contribution is 5.75. The van der Waals surface area contributed by atoms with Crippen LogP contribution in [0.1, 0.15) is 12.6 Å². The third-order valence-electron chi connectivity index (χ3n) is 3.61. The second-order valence-electron chi connectivity index (χ2n) is 4.83. The lowest BCUT2D eigenvalue weighted by atomic mass is 10.2. The molecule has 1 aliphatic rings. The Morgan fingerprint density at radius 3 is 2.68 bits per heavy atom. The summed E-state index contributed by atoms with van der Waals surface area (Å²) in [5.74, 6) is -0.154. The number of carbonyl (C=O) groups excluding carboxylic acids is 1. The summed E-state index contributed by atoms with van der Waals surface area (Å²) in [5.41, 5.74) is 1.09. The standard InChI is InChI=1S/C14H21N3O2/c1-12(14(18)19-2)17-9-7-16(8-10-17)11-13-5-3-4-6-15-13/h3-6,12H,7-11H2,1-2H3/t12-/m0/s1. The maximum Gasteiger partial charge on any atom is 0.322 e. The van der Waals surface area contributed by atoms with Gasteiger partial charge in [0.1, 0.15) is 6.04 Å². The maximum atomic E-state index is 11.5. The second-order valence-corrected chi connectivity index (χ2v) is 4.83. The highest BCUT2D eigenvalue weighted by Crippen LogP contribution is 2.10. The van der Waals surface area contributed by atoms with Gasteiger partial charge in [-0.1, -0.05) is 6.07 Å². The van der Waals surface area contributed by atoms with Crippen molar-refractivity contribution in [3.63, 3.8) is 0 Å². The molecule has 1 aliphatic heterocycles. The third kappa shape index (κ3) is 3.75. The highest BCUT2D eigenvalue weighted by atomic mass is 16.5. The number of hydrogen-bond acceptors (Lipinski definition) is 5. The van der Waals surface area contributed by atoms with Crippen LogP contribution in [-0.2, 0) is 16.1 Å². The zero-order valence-corrected chi connectivity index (χ0v) is 11.6. The Kier molecular flexibility index (Phi) is 4.87. The molecule has 0 aromatic carbocycles. The van der Waals surface area contributed by atoms with E-state index in [2.05, 4.69) is 14.8 Å². The van der Waals surface area contributed by atoms with Crippen LogP contribution < -0.4 is 0 Å². The van der Waals surface area contributed by atoms with E-state index in [0.29, 0.717) is 0 Å². The SMILES string of the molecule is COC(=O)[C@H](C)N1CCN(Cc2ccccn2)CC1. The van der Waals surface area contributed by atoms with Crippen molar-refractivity contribution in [1.29, 1.82) is 0 Å². The molecule has 0 N–H and O–H groups in total. The van der Waals surface area contributed by atoms with E-state index in [-0.39, 0.29) is 12.0 Å². The van der Waals surface area contributed by atoms with Gasteiger partial charge in [0.15, 0.2) is 0 Å². The first-order valence-corrected chi connectivity index (χ1v) is 6.65. The minimum atomic E-state index is -0.154. The summed E-state index contributed by atoms with van der Waals surface area (Å²) < 4.78 is 4.78. The molecule has 0 aliphatic carbocycles. The molecule has 0 bridgehead atoms. The lowest BCUT2D eigenvalue weighted by Crippen LogP contribution is -2.51. The van der Waals surface area contributed by atoms with Crippen molar-refractivity contribution in [1.82, 2.24) is 14.8 Å². The summed E-state index contributed by atoms with van der Waals surface area (Å²) in [6.45, 7) is 6.48. The summed E-state index contributed by atoms with van der Waals surface area (Å²) in [4.78, 5) is 20.4. The van der Waals surface area contributed by atoms with Crippen LogP contribution in [0.25, 0.3) is 0 Å². The van der Waals surface area contributed by atoms with Gasteiger partial charge >= 0.3 is 5.97 Å². The molecule has 0 amide bonds. The van der Waals surface area contributed by atoms with Crippen LogP contribution in [0.15, 0.2) is 24.4 Å². The van der Waals surface area contributed by atoms with E-state index >= 15 is 0 Å². The summed E-state index contributed by atoms with van der Waals surface area (Å²) >= 11 is 0. The smallest absolute Gasteiger partial charge is 0.322 e. The largest absolute Gasteiger partial charge is 0.468 e. The van der Waals surface area contributed by atoms with Gasteiger partial charge in [0.2, 0.25) is 0 Å². The van der Waals surface area contributed by atoms with Crippen molar-refractivity contribution in [2.75, 3.05) is 33.3 Å². The Morgan fingerprint density at radius 1 is 1.37 bits per heavy atom. The van der Waals surface area contributed by atoms with Crippen LogP contribution in [0.4, 0.5) is 0 Å². The van der Waals surface area contributed by atoms with Gasteiger partial charge in [-0.3, -0.25) is 19.6 Å². The van der Waals surface area contributed by atoms with Crippen molar-refractivity contribution in [2.45, 2.75) is 19.5 Å². The van der Waals surface area contributed by atoms with Crippen LogP contribution in [0.5, 0.6) is 0 Å². The predicted molar refractivity (Wildman–Crippen MR) is 72.6 cm³/mol. The van der Waals surface area contributed by atoms with Gasteiger partial charge in [0.05, 0.1) is 12.8 Å². The molecular weight excluding hydrogens is 242 g/mol. The lowest BCUT2D eigenvalue weighted by Gasteiger charge is -2.36. The van der Waals surface area contributed by atoms with Crippen LogP contribution >= 0.6 is 0 Å². The van der Waals surface area contributed by atoms with Crippen LogP contribution in [0.3, 0.4) is 0 Å². The Labute approximate surface area is 114 Å². The van der Waals surface area contributed by atoms with Crippen LogP contribution in [0.2, 0.25) is 0 Å². The molecule has 0 saturated carbocycles. The Balaban J connectivity index is 1.81. The first kappa shape index (κ1) is 14.0. The Hall–Kier alpha value is -1.46. The van der Waals surface area contributed by atoms with Crippen LogP contribution in [-0.4, -0.2) is 60.1 Å². The fourth-order valence-electron chi connectivity index (χ4n) is 2.35. The summed E-state index contributed by atoms with van der Waals surface area (Å²) in [5, 5.41) is 0. The maximum absolute atomic E-state index is 11.5. The van der Waals surface area contributed by atoms with E-state index in [1.807, 2.05) is 31.3 Å². The number of rotatable bonds is 4. The first-order valence-electron chi connectivity index (χ1n) is 6.65. The quantitative estimate of drug-likeness (QED) is 0.751. The number of esters is 1. The van der Waals surface area contributed by atoms with Crippen molar-refractivity contribution in [3.8, 4) is 0 Å². The fourth-order valence-corrected chi connectivity index (χ4v) is 2.35. The molecule has 2 heterocycles. The van der Waals surface area contributed by atoms with Gasteiger partial charge in [-0.25, -0.2) is 0 Å². The number of ether oxygens (including phenoxy) is 1. The third-order valence-corrected chi connectivity index (χ3v) is 3.61. The Morgan fingerprint density at radius 2 is 2.11 bits per heavy atom. The van der Waals surface area contributed by atoms with E-state index in [1.54, 1.807) is 0 Å². The van der Waals surface area contributed by atoms with Crippen molar-refractivity contribution in [3.05, 3.63) is 30.1 Å². The molecule has 0 unspecified atom stereocenters. The van der Waals surface area contributed by atoms with Crippen molar-refractivity contribution < 1.29 is 9.53 Å². The molecule has 1 atom stereocenters. The van der Waals surface area contributed by atoms with Crippen molar-refractivity contribution in [2.24, 2.45) is 0 Å². The summed E-state index contributed by atoms with van der Waals surface area (Å²) in [6.07, 6.45) is 1.82. The number of hydrogen-bond donors (Lipinski definition) is 0. The van der Waals surface area contributed by atoms with E-state index < -0.39 is 0 Å². The predicted octanol–water partition coefficient (Wildman–Crippen LogP) is 0.761. The number of methoxy groups -OCH3 is 1. The molecule has 0 spiro atoms. The minimum Gasteiger partial charge on any atom is -0.468 e. The van der Waals surface area contributed by atoms with Crippen molar-refractivity contribution >= 4 is 5.97 Å². The fraction of sp³-hybridized carbons (Fsp3) is 0.571. The minimum absolute atomic E-state index is 0.151. The average molecular weight is 263 g/mol. The number of carbonyl (C=O) groups is 1. The summed E-state index contributed by atoms with van der Waals surface area (Å²) in [7, 11) is 1.44.